The van der Waals surface area contributed by atoms with Crippen molar-refractivity contribution in [3.63, 3.8) is 0 Å². The second-order valence-corrected chi connectivity index (χ2v) is 5.05. The highest BCUT2D eigenvalue weighted by Crippen LogP contribution is 2.27. The molecule has 0 aliphatic heterocycles. The van der Waals surface area contributed by atoms with Crippen LogP contribution in [-0.2, 0) is 6.54 Å². The highest BCUT2D eigenvalue weighted by Gasteiger charge is 2.13. The van der Waals surface area contributed by atoms with Crippen LogP contribution in [0.5, 0.6) is 5.75 Å². The Morgan fingerprint density at radius 1 is 1.25 bits per heavy atom. The summed E-state index contributed by atoms with van der Waals surface area (Å²) in [6.07, 6.45) is 0.180. The second kappa shape index (κ2) is 6.57. The molecule has 0 bridgehead atoms. The third-order valence-corrected chi connectivity index (χ3v) is 3.05. The standard InChI is InChI=1S/C16H22N2O2/c1-5-17-10-15-12(4)16(20-18-15)13-6-8-14(9-7-13)19-11(2)3/h6-9,11,17H,5,10H2,1-4H3. The van der Waals surface area contributed by atoms with Crippen LogP contribution in [-0.4, -0.2) is 17.8 Å². The predicted molar refractivity (Wildman–Crippen MR) is 79.8 cm³/mol. The van der Waals surface area contributed by atoms with Crippen molar-refractivity contribution < 1.29 is 9.26 Å². The summed E-state index contributed by atoms with van der Waals surface area (Å²) in [5, 5.41) is 7.39. The SMILES string of the molecule is CCNCc1noc(-c2ccc(OC(C)C)cc2)c1C. The number of aromatic nitrogens is 1. The molecule has 0 aliphatic rings. The van der Waals surface area contributed by atoms with E-state index in [0.29, 0.717) is 0 Å². The van der Waals surface area contributed by atoms with Crippen molar-refractivity contribution in [1.29, 1.82) is 0 Å². The lowest BCUT2D eigenvalue weighted by Gasteiger charge is -2.09. The van der Waals surface area contributed by atoms with E-state index in [9.17, 15) is 0 Å². The van der Waals surface area contributed by atoms with E-state index in [-0.39, 0.29) is 6.10 Å². The van der Waals surface area contributed by atoms with Gasteiger partial charge in [0.05, 0.1) is 6.10 Å². The number of nitrogens with zero attached hydrogens (tertiary/aromatic N) is 1. The van der Waals surface area contributed by atoms with Crippen LogP contribution in [0.25, 0.3) is 11.3 Å². The van der Waals surface area contributed by atoms with E-state index in [1.165, 1.54) is 0 Å². The van der Waals surface area contributed by atoms with E-state index in [4.69, 9.17) is 9.26 Å². The van der Waals surface area contributed by atoms with Crippen molar-refractivity contribution in [2.75, 3.05) is 6.54 Å². The zero-order valence-electron chi connectivity index (χ0n) is 12.6. The molecule has 1 heterocycles. The number of ether oxygens (including phenoxy) is 1. The molecule has 20 heavy (non-hydrogen) atoms. The fraction of sp³-hybridized carbons (Fsp3) is 0.438. The lowest BCUT2D eigenvalue weighted by atomic mass is 10.1. The van der Waals surface area contributed by atoms with E-state index in [2.05, 4.69) is 17.4 Å². The quantitative estimate of drug-likeness (QED) is 0.875. The maximum Gasteiger partial charge on any atom is 0.170 e. The smallest absolute Gasteiger partial charge is 0.170 e. The lowest BCUT2D eigenvalue weighted by molar-refractivity contribution is 0.242. The molecule has 0 atom stereocenters. The van der Waals surface area contributed by atoms with Crippen LogP contribution in [0.15, 0.2) is 28.8 Å². The molecule has 2 rings (SSSR count). The van der Waals surface area contributed by atoms with Crippen molar-refractivity contribution >= 4 is 0 Å². The van der Waals surface area contributed by atoms with Gasteiger partial charge >= 0.3 is 0 Å². The minimum Gasteiger partial charge on any atom is -0.491 e. The van der Waals surface area contributed by atoms with Crippen molar-refractivity contribution in [1.82, 2.24) is 10.5 Å². The normalized spacial score (nSPS) is 11.1. The van der Waals surface area contributed by atoms with Crippen molar-refractivity contribution in [3.8, 4) is 17.1 Å². The van der Waals surface area contributed by atoms with Crippen LogP contribution in [0, 0.1) is 6.92 Å². The number of nitrogens with one attached hydrogen (secondary N) is 1. The number of benzene rings is 1. The fourth-order valence-electron chi connectivity index (χ4n) is 2.00. The van der Waals surface area contributed by atoms with E-state index in [1.54, 1.807) is 0 Å². The molecular formula is C16H22N2O2. The first kappa shape index (κ1) is 14.6. The Balaban J connectivity index is 2.17. The van der Waals surface area contributed by atoms with Crippen LogP contribution in [0.2, 0.25) is 0 Å². The van der Waals surface area contributed by atoms with Gasteiger partial charge in [0.1, 0.15) is 11.4 Å². The topological polar surface area (TPSA) is 47.3 Å². The Morgan fingerprint density at radius 2 is 1.95 bits per heavy atom. The molecule has 4 nitrogen and oxygen atoms in total. The summed E-state index contributed by atoms with van der Waals surface area (Å²) in [7, 11) is 0. The Morgan fingerprint density at radius 3 is 2.55 bits per heavy atom. The van der Waals surface area contributed by atoms with Gasteiger partial charge in [0, 0.05) is 17.7 Å². The molecule has 4 heteroatoms. The maximum atomic E-state index is 5.64. The third-order valence-electron chi connectivity index (χ3n) is 3.05. The van der Waals surface area contributed by atoms with Crippen LogP contribution in [0.4, 0.5) is 0 Å². The number of rotatable bonds is 6. The molecule has 0 radical (unpaired) electrons. The van der Waals surface area contributed by atoms with Crippen LogP contribution >= 0.6 is 0 Å². The van der Waals surface area contributed by atoms with Gasteiger partial charge in [-0.3, -0.25) is 0 Å². The van der Waals surface area contributed by atoms with Crippen molar-refractivity contribution in [2.45, 2.75) is 40.3 Å². The molecule has 1 N–H and O–H groups in total. The third kappa shape index (κ3) is 3.39. The molecule has 0 amide bonds. The first-order valence-electron chi connectivity index (χ1n) is 7.04. The molecule has 108 valence electrons. The van der Waals surface area contributed by atoms with E-state index >= 15 is 0 Å². The Kier molecular flexibility index (Phi) is 4.79. The van der Waals surface area contributed by atoms with E-state index in [1.807, 2.05) is 45.0 Å². The zero-order valence-corrected chi connectivity index (χ0v) is 12.6. The summed E-state index contributed by atoms with van der Waals surface area (Å²) in [5.41, 5.74) is 3.07. The first-order valence-corrected chi connectivity index (χ1v) is 7.04. The molecule has 2 aromatic rings. The highest BCUT2D eigenvalue weighted by atomic mass is 16.5. The fourth-order valence-corrected chi connectivity index (χ4v) is 2.00. The van der Waals surface area contributed by atoms with Gasteiger partial charge in [0.25, 0.3) is 0 Å². The van der Waals surface area contributed by atoms with Gasteiger partial charge < -0.3 is 14.6 Å². The lowest BCUT2D eigenvalue weighted by Crippen LogP contribution is -2.12. The summed E-state index contributed by atoms with van der Waals surface area (Å²) in [6.45, 7) is 9.80. The molecule has 1 aromatic carbocycles. The van der Waals surface area contributed by atoms with Gasteiger partial charge in [-0.1, -0.05) is 12.1 Å². The minimum absolute atomic E-state index is 0.180. The summed E-state index contributed by atoms with van der Waals surface area (Å²) < 4.78 is 11.1. The average Bonchev–Trinajstić information content (AvgIpc) is 2.78. The molecule has 1 aromatic heterocycles. The Labute approximate surface area is 120 Å². The van der Waals surface area contributed by atoms with Crippen LogP contribution in [0.1, 0.15) is 32.0 Å². The van der Waals surface area contributed by atoms with E-state index < -0.39 is 0 Å². The Bertz CT molecular complexity index is 544. The second-order valence-electron chi connectivity index (χ2n) is 5.05. The molecule has 0 saturated heterocycles. The molecule has 0 saturated carbocycles. The molecular weight excluding hydrogens is 252 g/mol. The largest absolute Gasteiger partial charge is 0.491 e. The summed E-state index contributed by atoms with van der Waals surface area (Å²) in [6, 6.07) is 7.92. The predicted octanol–water partition coefficient (Wildman–Crippen LogP) is 3.55. The molecule has 0 spiro atoms. The molecule has 0 unspecified atom stereocenters. The first-order chi connectivity index (χ1) is 9.61. The number of hydrogen-bond donors (Lipinski definition) is 1. The Hall–Kier alpha value is -1.81. The van der Waals surface area contributed by atoms with Crippen LogP contribution in [0.3, 0.4) is 0 Å². The summed E-state index contributed by atoms with van der Waals surface area (Å²) in [4.78, 5) is 0. The van der Waals surface area contributed by atoms with Gasteiger partial charge in [0.2, 0.25) is 0 Å². The average molecular weight is 274 g/mol. The monoisotopic (exact) mass is 274 g/mol. The summed E-state index contributed by atoms with van der Waals surface area (Å²) in [5.74, 6) is 1.70. The van der Waals surface area contributed by atoms with E-state index in [0.717, 1.165) is 41.4 Å². The molecule has 0 fully saturated rings. The maximum absolute atomic E-state index is 5.64. The van der Waals surface area contributed by atoms with Gasteiger partial charge in [0.15, 0.2) is 5.76 Å². The van der Waals surface area contributed by atoms with Crippen molar-refractivity contribution in [3.05, 3.63) is 35.5 Å². The van der Waals surface area contributed by atoms with Crippen LogP contribution < -0.4 is 10.1 Å². The minimum atomic E-state index is 0.180. The van der Waals surface area contributed by atoms with Gasteiger partial charge in [-0.05, 0) is 51.6 Å². The van der Waals surface area contributed by atoms with Gasteiger partial charge in [-0.2, -0.15) is 0 Å². The molecule has 0 aliphatic carbocycles. The van der Waals surface area contributed by atoms with Gasteiger partial charge in [-0.25, -0.2) is 0 Å². The van der Waals surface area contributed by atoms with Gasteiger partial charge in [-0.15, -0.1) is 0 Å². The summed E-state index contributed by atoms with van der Waals surface area (Å²) >= 11 is 0. The number of hydrogen-bond acceptors (Lipinski definition) is 4. The highest BCUT2D eigenvalue weighted by molar-refractivity contribution is 5.62. The zero-order chi connectivity index (χ0) is 14.5. The van der Waals surface area contributed by atoms with Crippen molar-refractivity contribution in [2.24, 2.45) is 0 Å².